The minimum Gasteiger partial charge on any atom is -0.329 e. The fourth-order valence-electron chi connectivity index (χ4n) is 2.76. The highest BCUT2D eigenvalue weighted by atomic mass is 79.9. The second-order valence-corrected chi connectivity index (χ2v) is 6.70. The number of aromatic nitrogens is 1. The number of nitrogens with one attached hydrogen (secondary N) is 1. The molecule has 1 aromatic rings. The van der Waals surface area contributed by atoms with Gasteiger partial charge in [0.2, 0.25) is 5.91 Å². The Balaban J connectivity index is 2.13. The molecule has 0 aliphatic heterocycles. The summed E-state index contributed by atoms with van der Waals surface area (Å²) in [6, 6.07) is 3.71. The van der Waals surface area contributed by atoms with E-state index in [1.165, 1.54) is 0 Å². The summed E-state index contributed by atoms with van der Waals surface area (Å²) < 4.78 is 0.771. The van der Waals surface area contributed by atoms with E-state index < -0.39 is 5.41 Å². The van der Waals surface area contributed by atoms with Gasteiger partial charge in [-0.25, -0.2) is 4.98 Å². The zero-order valence-corrected chi connectivity index (χ0v) is 13.7. The number of hydrogen-bond donors (Lipinski definition) is 2. The lowest BCUT2D eigenvalue weighted by atomic mass is 9.70. The lowest BCUT2D eigenvalue weighted by molar-refractivity contribution is -0.127. The molecular weight excluding hydrogens is 318 g/mol. The fourth-order valence-corrected chi connectivity index (χ4v) is 3.15. The van der Waals surface area contributed by atoms with Crippen molar-refractivity contribution in [3.8, 4) is 0 Å². The third-order valence-electron chi connectivity index (χ3n) is 4.40. The maximum atomic E-state index is 12.6. The second kappa shape index (κ2) is 6.22. The lowest BCUT2D eigenvalue weighted by Gasteiger charge is -2.37. The van der Waals surface area contributed by atoms with Crippen LogP contribution in [0.15, 0.2) is 16.7 Å². The van der Waals surface area contributed by atoms with Crippen LogP contribution in [-0.2, 0) is 4.79 Å². The Labute approximate surface area is 128 Å². The summed E-state index contributed by atoms with van der Waals surface area (Å²) >= 11 is 3.33. The molecule has 3 N–H and O–H groups in total. The van der Waals surface area contributed by atoms with Crippen molar-refractivity contribution in [2.24, 2.45) is 17.1 Å². The third kappa shape index (κ3) is 3.20. The van der Waals surface area contributed by atoms with Gasteiger partial charge in [-0.1, -0.05) is 6.92 Å². The van der Waals surface area contributed by atoms with Gasteiger partial charge in [0.1, 0.15) is 4.60 Å². The van der Waals surface area contributed by atoms with Crippen molar-refractivity contribution >= 4 is 27.5 Å². The number of carbonyl (C=O) groups is 1. The van der Waals surface area contributed by atoms with Gasteiger partial charge >= 0.3 is 0 Å². The summed E-state index contributed by atoms with van der Waals surface area (Å²) in [4.78, 5) is 16.9. The first kappa shape index (κ1) is 15.4. The van der Waals surface area contributed by atoms with Gasteiger partial charge in [0.05, 0.1) is 16.8 Å². The SMILES string of the molecule is Cc1nc(Br)ccc1NC(=O)C1(CN)CCC(C)CC1. The Hall–Kier alpha value is -0.940. The van der Waals surface area contributed by atoms with Gasteiger partial charge in [0, 0.05) is 6.54 Å². The maximum Gasteiger partial charge on any atom is 0.231 e. The Bertz CT molecular complexity index is 496. The van der Waals surface area contributed by atoms with E-state index in [1.54, 1.807) is 0 Å². The van der Waals surface area contributed by atoms with Crippen molar-refractivity contribution in [2.45, 2.75) is 39.5 Å². The van der Waals surface area contributed by atoms with Gasteiger partial charge in [-0.15, -0.1) is 0 Å². The van der Waals surface area contributed by atoms with Crippen LogP contribution >= 0.6 is 15.9 Å². The molecule has 1 aliphatic carbocycles. The van der Waals surface area contributed by atoms with Gasteiger partial charge in [0.25, 0.3) is 0 Å². The van der Waals surface area contributed by atoms with Crippen molar-refractivity contribution < 1.29 is 4.79 Å². The highest BCUT2D eigenvalue weighted by Crippen LogP contribution is 2.39. The average Bonchev–Trinajstić information content (AvgIpc) is 2.43. The predicted octanol–water partition coefficient (Wildman–Crippen LogP) is 3.25. The quantitative estimate of drug-likeness (QED) is 0.830. The molecule has 1 fully saturated rings. The van der Waals surface area contributed by atoms with Crippen LogP contribution in [0.3, 0.4) is 0 Å². The Morgan fingerprint density at radius 2 is 2.15 bits per heavy atom. The highest BCUT2D eigenvalue weighted by Gasteiger charge is 2.39. The van der Waals surface area contributed by atoms with Crippen LogP contribution in [0.4, 0.5) is 5.69 Å². The van der Waals surface area contributed by atoms with E-state index in [-0.39, 0.29) is 5.91 Å². The number of anilines is 1. The van der Waals surface area contributed by atoms with Crippen LogP contribution in [0.5, 0.6) is 0 Å². The van der Waals surface area contributed by atoms with Gasteiger partial charge < -0.3 is 11.1 Å². The minimum atomic E-state index is -0.411. The molecule has 1 aliphatic rings. The number of pyridine rings is 1. The first-order valence-electron chi connectivity index (χ1n) is 7.11. The molecule has 0 bridgehead atoms. The summed E-state index contributed by atoms with van der Waals surface area (Å²) in [6.07, 6.45) is 3.89. The van der Waals surface area contributed by atoms with E-state index in [1.807, 2.05) is 19.1 Å². The molecule has 4 nitrogen and oxygen atoms in total. The predicted molar refractivity (Wildman–Crippen MR) is 84.4 cm³/mol. The molecule has 110 valence electrons. The molecule has 20 heavy (non-hydrogen) atoms. The molecule has 0 aromatic carbocycles. The summed E-state index contributed by atoms with van der Waals surface area (Å²) in [5.74, 6) is 0.734. The summed E-state index contributed by atoms with van der Waals surface area (Å²) in [6.45, 7) is 4.54. The van der Waals surface area contributed by atoms with Crippen LogP contribution in [0.2, 0.25) is 0 Å². The van der Waals surface area contributed by atoms with E-state index >= 15 is 0 Å². The number of nitrogens with zero attached hydrogens (tertiary/aromatic N) is 1. The van der Waals surface area contributed by atoms with E-state index in [2.05, 4.69) is 33.2 Å². The number of halogens is 1. The molecule has 0 spiro atoms. The lowest BCUT2D eigenvalue weighted by Crippen LogP contribution is -2.45. The molecule has 0 atom stereocenters. The summed E-state index contributed by atoms with van der Waals surface area (Å²) in [5.41, 5.74) is 7.08. The normalized spacial score (nSPS) is 26.3. The minimum absolute atomic E-state index is 0.0409. The Kier molecular flexibility index (Phi) is 4.81. The molecule has 5 heteroatoms. The van der Waals surface area contributed by atoms with Gasteiger partial charge in [-0.2, -0.15) is 0 Å². The number of hydrogen-bond acceptors (Lipinski definition) is 3. The van der Waals surface area contributed by atoms with E-state index in [0.717, 1.165) is 41.7 Å². The third-order valence-corrected chi connectivity index (χ3v) is 4.85. The molecule has 0 unspecified atom stereocenters. The van der Waals surface area contributed by atoms with E-state index in [4.69, 9.17) is 5.73 Å². The highest BCUT2D eigenvalue weighted by molar-refractivity contribution is 9.10. The number of rotatable bonds is 3. The van der Waals surface area contributed by atoms with Gasteiger partial charge in [-0.05, 0) is 66.6 Å². The van der Waals surface area contributed by atoms with Gasteiger partial charge in [-0.3, -0.25) is 4.79 Å². The molecule has 1 aromatic heterocycles. The van der Waals surface area contributed by atoms with Crippen molar-refractivity contribution in [3.05, 3.63) is 22.4 Å². The van der Waals surface area contributed by atoms with E-state index in [0.29, 0.717) is 12.5 Å². The zero-order valence-electron chi connectivity index (χ0n) is 12.1. The molecule has 1 heterocycles. The van der Waals surface area contributed by atoms with Crippen LogP contribution < -0.4 is 11.1 Å². The van der Waals surface area contributed by atoms with Crippen molar-refractivity contribution in [1.82, 2.24) is 4.98 Å². The largest absolute Gasteiger partial charge is 0.329 e. The maximum absolute atomic E-state index is 12.6. The number of amides is 1. The smallest absolute Gasteiger partial charge is 0.231 e. The number of aryl methyl sites for hydroxylation is 1. The number of carbonyl (C=O) groups excluding carboxylic acids is 1. The monoisotopic (exact) mass is 339 g/mol. The Morgan fingerprint density at radius 3 is 2.70 bits per heavy atom. The molecular formula is C15H22BrN3O. The molecule has 1 amide bonds. The Morgan fingerprint density at radius 1 is 1.50 bits per heavy atom. The first-order valence-corrected chi connectivity index (χ1v) is 7.91. The van der Waals surface area contributed by atoms with Crippen molar-refractivity contribution in [2.75, 3.05) is 11.9 Å². The summed E-state index contributed by atoms with van der Waals surface area (Å²) in [5, 5.41) is 3.01. The van der Waals surface area contributed by atoms with Gasteiger partial charge in [0.15, 0.2) is 0 Å². The first-order chi connectivity index (χ1) is 9.47. The van der Waals surface area contributed by atoms with E-state index in [9.17, 15) is 4.79 Å². The standard InChI is InChI=1S/C15H22BrN3O/c1-10-5-7-15(9-17,8-6-10)14(20)19-12-3-4-13(16)18-11(12)2/h3-4,10H,5-9,17H2,1-2H3,(H,19,20). The fraction of sp³-hybridized carbons (Fsp3) is 0.600. The van der Waals surface area contributed by atoms with Crippen LogP contribution in [-0.4, -0.2) is 17.4 Å². The van der Waals surface area contributed by atoms with Crippen LogP contribution in [0.25, 0.3) is 0 Å². The summed E-state index contributed by atoms with van der Waals surface area (Å²) in [7, 11) is 0. The average molecular weight is 340 g/mol. The van der Waals surface area contributed by atoms with Crippen molar-refractivity contribution in [3.63, 3.8) is 0 Å². The molecule has 1 saturated carbocycles. The molecule has 0 saturated heterocycles. The topological polar surface area (TPSA) is 68.0 Å². The van der Waals surface area contributed by atoms with Crippen LogP contribution in [0.1, 0.15) is 38.3 Å². The van der Waals surface area contributed by atoms with Crippen LogP contribution in [0, 0.1) is 18.3 Å². The van der Waals surface area contributed by atoms with Crippen molar-refractivity contribution in [1.29, 1.82) is 0 Å². The molecule has 0 radical (unpaired) electrons. The molecule has 2 rings (SSSR count). The zero-order chi connectivity index (χ0) is 14.8. The number of nitrogens with two attached hydrogens (primary N) is 1. The second-order valence-electron chi connectivity index (χ2n) is 5.89.